The van der Waals surface area contributed by atoms with E-state index < -0.39 is 20.0 Å². The van der Waals surface area contributed by atoms with Gasteiger partial charge in [0.15, 0.2) is 0 Å². The molecule has 0 aromatic carbocycles. The topological polar surface area (TPSA) is 108 Å². The molecule has 0 aliphatic carbocycles. The number of phosphoric acid groups is 1. The number of nitrogens with one attached hydrogen (secondary N) is 1. The predicted octanol–water partition coefficient (Wildman–Crippen LogP) is 25.2. The minimum absolute atomic E-state index is 0.00246. The third kappa shape index (κ3) is 72.4. The first kappa shape index (κ1) is 87.0. The molecule has 2 N–H and O–H groups in total. The smallest absolute Gasteiger partial charge is 0.268 e. The zero-order valence-corrected chi connectivity index (χ0v) is 61.1. The Morgan fingerprint density at radius 1 is 0.386 bits per heavy atom. The third-order valence-corrected chi connectivity index (χ3v) is 19.6. The third-order valence-electron chi connectivity index (χ3n) is 18.7. The van der Waals surface area contributed by atoms with Crippen LogP contribution in [0.4, 0.5) is 0 Å². The Morgan fingerprint density at radius 2 is 0.625 bits per heavy atom. The Balaban J connectivity index is 3.91. The van der Waals surface area contributed by atoms with Gasteiger partial charge in [0.1, 0.15) is 13.2 Å². The van der Waals surface area contributed by atoms with Crippen molar-refractivity contribution >= 4 is 13.7 Å². The van der Waals surface area contributed by atoms with E-state index >= 15 is 0 Å². The van der Waals surface area contributed by atoms with Gasteiger partial charge in [-0.1, -0.05) is 398 Å². The lowest BCUT2D eigenvalue weighted by Crippen LogP contribution is -2.45. The van der Waals surface area contributed by atoms with Crippen molar-refractivity contribution in [2.45, 2.75) is 437 Å². The number of unbranched alkanes of at least 4 members (excludes halogenated alkanes) is 60. The second-order valence-electron chi connectivity index (χ2n) is 28.8. The minimum atomic E-state index is -4.60. The number of likely N-dealkylation sites (N-methyl/N-ethyl adjacent to an activating group) is 1. The first-order valence-corrected chi connectivity index (χ1v) is 41.2. The SMILES string of the molecule is CCCCCCCCCC/C=C\CCCCCCCCCCCCCCCCCCCCCCCCCCCCCC(=O)NC(COP(=O)([O-])OCC[N+](C)(C)C)C(O)/C=C/CCCCCCCCCCCCCCCCCCCCCCCCCCC. The normalized spacial score (nSPS) is 13.6. The molecule has 0 aliphatic heterocycles. The number of aliphatic hydroxyl groups excluding tert-OH is 1. The molecule has 3 atom stereocenters. The van der Waals surface area contributed by atoms with Crippen molar-refractivity contribution in [2.24, 2.45) is 0 Å². The Labute approximate surface area is 551 Å². The molecule has 0 aliphatic rings. The van der Waals surface area contributed by atoms with E-state index in [1.54, 1.807) is 6.08 Å². The molecule has 3 unspecified atom stereocenters. The van der Waals surface area contributed by atoms with E-state index in [2.05, 4.69) is 31.3 Å². The van der Waals surface area contributed by atoms with Crippen LogP contribution in [0.3, 0.4) is 0 Å². The van der Waals surface area contributed by atoms with Crippen molar-refractivity contribution in [3.63, 3.8) is 0 Å². The summed E-state index contributed by atoms with van der Waals surface area (Å²) in [5.74, 6) is -0.187. The fourth-order valence-electron chi connectivity index (χ4n) is 12.5. The lowest BCUT2D eigenvalue weighted by atomic mass is 10.0. The number of rotatable bonds is 75. The first-order chi connectivity index (χ1) is 43.0. The van der Waals surface area contributed by atoms with Crippen LogP contribution in [0, 0.1) is 0 Å². The molecule has 0 radical (unpaired) electrons. The predicted molar refractivity (Wildman–Crippen MR) is 385 cm³/mol. The molecule has 0 rings (SSSR count). The summed E-state index contributed by atoms with van der Waals surface area (Å²) in [6.07, 6.45) is 93.5. The molecule has 9 heteroatoms. The van der Waals surface area contributed by atoms with Crippen molar-refractivity contribution in [1.29, 1.82) is 0 Å². The molecule has 0 bridgehead atoms. The molecule has 0 saturated carbocycles. The number of phosphoric ester groups is 1. The van der Waals surface area contributed by atoms with E-state index in [9.17, 15) is 19.4 Å². The molecule has 0 aromatic rings. The molecule has 0 heterocycles. The number of carbonyl (C=O) groups excluding carboxylic acids is 1. The highest BCUT2D eigenvalue weighted by Crippen LogP contribution is 2.38. The Hall–Kier alpha value is -1.02. The standard InChI is InChI=1S/C79H157N2O6P/c1-6-8-10-12-14-16-18-20-22-24-26-28-30-32-34-35-36-37-38-39-40-41-42-43-44-45-47-49-51-53-55-57-59-61-63-65-67-69-71-73-79(83)80-77(76-87-88(84,85)86-75-74-81(3,4)5)78(82)72-70-68-66-64-62-60-58-56-54-52-50-48-46-33-31-29-27-25-23-21-19-17-15-13-11-9-7-2/h24,26,70,72,77-78,82H,6-23,25,27-69,71,73-76H2,1-5H3,(H-,80,83,84,85)/b26-24-,72-70+. The summed E-state index contributed by atoms with van der Waals surface area (Å²) in [5.41, 5.74) is 0. The van der Waals surface area contributed by atoms with Gasteiger partial charge < -0.3 is 28.8 Å². The van der Waals surface area contributed by atoms with Crippen molar-refractivity contribution in [3.05, 3.63) is 24.3 Å². The van der Waals surface area contributed by atoms with Crippen molar-refractivity contribution < 1.29 is 32.9 Å². The zero-order valence-electron chi connectivity index (χ0n) is 60.2. The highest BCUT2D eigenvalue weighted by atomic mass is 31.2. The van der Waals surface area contributed by atoms with Crippen LogP contribution in [0.15, 0.2) is 24.3 Å². The molecule has 8 nitrogen and oxygen atoms in total. The maximum absolute atomic E-state index is 13.1. The highest BCUT2D eigenvalue weighted by Gasteiger charge is 2.23. The quantitative estimate of drug-likeness (QED) is 0.0272. The van der Waals surface area contributed by atoms with E-state index in [1.165, 1.54) is 366 Å². The molecule has 524 valence electrons. The van der Waals surface area contributed by atoms with Crippen LogP contribution in [-0.2, 0) is 18.4 Å². The van der Waals surface area contributed by atoms with Gasteiger partial charge in [-0.3, -0.25) is 9.36 Å². The average molecular weight is 1260 g/mol. The van der Waals surface area contributed by atoms with Gasteiger partial charge in [-0.2, -0.15) is 0 Å². The van der Waals surface area contributed by atoms with Crippen LogP contribution in [0.1, 0.15) is 425 Å². The van der Waals surface area contributed by atoms with E-state index in [1.807, 2.05) is 27.2 Å². The maximum atomic E-state index is 13.1. The number of carbonyl (C=O) groups is 1. The van der Waals surface area contributed by atoms with Crippen molar-refractivity contribution in [1.82, 2.24) is 5.32 Å². The number of quaternary nitrogens is 1. The van der Waals surface area contributed by atoms with E-state index in [0.29, 0.717) is 17.4 Å². The minimum Gasteiger partial charge on any atom is -0.756 e. The van der Waals surface area contributed by atoms with Gasteiger partial charge in [0.25, 0.3) is 7.82 Å². The molecule has 1 amide bonds. The van der Waals surface area contributed by atoms with Gasteiger partial charge in [-0.05, 0) is 44.9 Å². The van der Waals surface area contributed by atoms with Crippen LogP contribution in [-0.4, -0.2) is 68.5 Å². The van der Waals surface area contributed by atoms with Crippen LogP contribution in [0.25, 0.3) is 0 Å². The summed E-state index contributed by atoms with van der Waals surface area (Å²) in [7, 11) is 1.29. The summed E-state index contributed by atoms with van der Waals surface area (Å²) in [6, 6.07) is -0.885. The van der Waals surface area contributed by atoms with Gasteiger partial charge in [0.05, 0.1) is 39.9 Å². The number of hydrogen-bond acceptors (Lipinski definition) is 6. The monoisotopic (exact) mass is 1260 g/mol. The van der Waals surface area contributed by atoms with Gasteiger partial charge in [0.2, 0.25) is 5.91 Å². The number of allylic oxidation sites excluding steroid dienone is 3. The van der Waals surface area contributed by atoms with Gasteiger partial charge >= 0.3 is 0 Å². The summed E-state index contributed by atoms with van der Waals surface area (Å²) >= 11 is 0. The molecular weight excluding hydrogens is 1100 g/mol. The Bertz CT molecular complexity index is 1480. The zero-order chi connectivity index (χ0) is 64.1. The summed E-state index contributed by atoms with van der Waals surface area (Å²) in [4.78, 5) is 25.7. The van der Waals surface area contributed by atoms with Crippen molar-refractivity contribution in [2.75, 3.05) is 40.9 Å². The molecule has 0 spiro atoms. The molecule has 88 heavy (non-hydrogen) atoms. The van der Waals surface area contributed by atoms with Crippen LogP contribution < -0.4 is 10.2 Å². The molecule has 0 aromatic heterocycles. The highest BCUT2D eigenvalue weighted by molar-refractivity contribution is 7.45. The maximum Gasteiger partial charge on any atom is 0.268 e. The van der Waals surface area contributed by atoms with Crippen LogP contribution in [0.2, 0.25) is 0 Å². The number of nitrogens with zero attached hydrogens (tertiary/aromatic N) is 1. The molecule has 0 fully saturated rings. The Morgan fingerprint density at radius 3 is 0.886 bits per heavy atom. The van der Waals surface area contributed by atoms with E-state index in [0.717, 1.165) is 38.5 Å². The van der Waals surface area contributed by atoms with E-state index in [4.69, 9.17) is 9.05 Å². The Kier molecular flexibility index (Phi) is 69.5. The molecular formula is C79H157N2O6P. The first-order valence-electron chi connectivity index (χ1n) is 39.7. The van der Waals surface area contributed by atoms with Crippen LogP contribution in [0.5, 0.6) is 0 Å². The fraction of sp³-hybridized carbons (Fsp3) is 0.937. The lowest BCUT2D eigenvalue weighted by molar-refractivity contribution is -0.870. The number of hydrogen-bond donors (Lipinski definition) is 2. The second-order valence-corrected chi connectivity index (χ2v) is 30.2. The van der Waals surface area contributed by atoms with Crippen molar-refractivity contribution in [3.8, 4) is 0 Å². The van der Waals surface area contributed by atoms with Gasteiger partial charge in [-0.15, -0.1) is 0 Å². The summed E-state index contributed by atoms with van der Waals surface area (Å²) in [5, 5.41) is 14.0. The molecule has 0 saturated heterocycles. The largest absolute Gasteiger partial charge is 0.756 e. The van der Waals surface area contributed by atoms with Crippen LogP contribution >= 0.6 is 7.82 Å². The van der Waals surface area contributed by atoms with Gasteiger partial charge in [-0.25, -0.2) is 0 Å². The number of aliphatic hydroxyl groups is 1. The lowest BCUT2D eigenvalue weighted by Gasteiger charge is -2.29. The summed E-state index contributed by atoms with van der Waals surface area (Å²) < 4.78 is 23.5. The van der Waals surface area contributed by atoms with Gasteiger partial charge in [0, 0.05) is 6.42 Å². The number of amides is 1. The average Bonchev–Trinajstić information content (AvgIpc) is 3.70. The second kappa shape index (κ2) is 70.3. The summed E-state index contributed by atoms with van der Waals surface area (Å²) in [6.45, 7) is 4.72. The van der Waals surface area contributed by atoms with E-state index in [-0.39, 0.29) is 19.1 Å². The fourth-order valence-corrected chi connectivity index (χ4v) is 13.2.